The number of rotatable bonds is 3. The van der Waals surface area contributed by atoms with Crippen molar-refractivity contribution in [3.05, 3.63) is 83.1 Å². The van der Waals surface area contributed by atoms with Gasteiger partial charge in [-0.1, -0.05) is 67.6 Å². The van der Waals surface area contributed by atoms with Gasteiger partial charge in [0.05, 0.1) is 6.04 Å². The summed E-state index contributed by atoms with van der Waals surface area (Å²) >= 11 is 0. The summed E-state index contributed by atoms with van der Waals surface area (Å²) in [5, 5.41) is 0. The summed E-state index contributed by atoms with van der Waals surface area (Å²) in [6.45, 7) is 3.07. The van der Waals surface area contributed by atoms with E-state index in [2.05, 4.69) is 72.5 Å². The minimum Gasteiger partial charge on any atom is -0.363 e. The minimum absolute atomic E-state index is 0.283. The van der Waals surface area contributed by atoms with Gasteiger partial charge in [0.1, 0.15) is 0 Å². The van der Waals surface area contributed by atoms with Crippen molar-refractivity contribution in [2.45, 2.75) is 38.8 Å². The molecule has 2 unspecified atom stereocenters. The summed E-state index contributed by atoms with van der Waals surface area (Å²) < 4.78 is 0. The van der Waals surface area contributed by atoms with Crippen LogP contribution in [0.2, 0.25) is 0 Å². The predicted molar refractivity (Wildman–Crippen MR) is 96.2 cm³/mol. The highest BCUT2D eigenvalue weighted by molar-refractivity contribution is 5.97. The normalized spacial score (nSPS) is 23.5. The fourth-order valence-electron chi connectivity index (χ4n) is 4.10. The Kier molecular flexibility index (Phi) is 3.97. The maximum absolute atomic E-state index is 12.6. The third-order valence-corrected chi connectivity index (χ3v) is 5.26. The van der Waals surface area contributed by atoms with Gasteiger partial charge in [0, 0.05) is 30.7 Å². The van der Waals surface area contributed by atoms with E-state index in [1.165, 1.54) is 16.8 Å². The molecule has 4 rings (SSSR count). The second-order valence-electron chi connectivity index (χ2n) is 7.11. The summed E-state index contributed by atoms with van der Waals surface area (Å²) in [6.07, 6.45) is 2.59. The van der Waals surface area contributed by atoms with E-state index in [9.17, 15) is 4.79 Å². The van der Waals surface area contributed by atoms with E-state index in [-0.39, 0.29) is 6.04 Å². The van der Waals surface area contributed by atoms with E-state index in [4.69, 9.17) is 0 Å². The molecule has 0 saturated heterocycles. The Labute approximate surface area is 143 Å². The standard InChI is InChI=1S/C22H23NO/c1-16-12-21-19(22(24)13-16)14-20(18-10-6-3-7-11-18)23(21)15-17-8-4-2-5-9-17/h2-11,16,20H,12-15H2,1H3. The molecule has 0 radical (unpaired) electrons. The van der Waals surface area contributed by atoms with E-state index in [1.54, 1.807) is 0 Å². The minimum atomic E-state index is 0.283. The van der Waals surface area contributed by atoms with Crippen LogP contribution in [0.1, 0.15) is 43.4 Å². The SMILES string of the molecule is CC1CC(=O)C2=C(C1)N(Cc1ccccc1)C(c1ccccc1)C2. The Morgan fingerprint density at radius 2 is 1.58 bits per heavy atom. The van der Waals surface area contributed by atoms with Crippen LogP contribution >= 0.6 is 0 Å². The zero-order valence-electron chi connectivity index (χ0n) is 14.1. The Morgan fingerprint density at radius 3 is 2.29 bits per heavy atom. The summed E-state index contributed by atoms with van der Waals surface area (Å²) in [4.78, 5) is 15.1. The largest absolute Gasteiger partial charge is 0.363 e. The summed E-state index contributed by atoms with van der Waals surface area (Å²) in [5.74, 6) is 0.810. The first-order valence-electron chi connectivity index (χ1n) is 8.83. The highest BCUT2D eigenvalue weighted by Gasteiger charge is 2.38. The van der Waals surface area contributed by atoms with Crippen LogP contribution < -0.4 is 0 Å². The molecule has 2 atom stereocenters. The summed E-state index contributed by atoms with van der Waals surface area (Å²) in [5.41, 5.74) is 4.98. The Bertz CT molecular complexity index is 763. The van der Waals surface area contributed by atoms with E-state index < -0.39 is 0 Å². The van der Waals surface area contributed by atoms with Crippen molar-refractivity contribution in [1.29, 1.82) is 0 Å². The lowest BCUT2D eigenvalue weighted by atomic mass is 9.87. The Hall–Kier alpha value is -2.35. The third kappa shape index (κ3) is 2.77. The van der Waals surface area contributed by atoms with Crippen LogP contribution in [-0.4, -0.2) is 10.7 Å². The first-order chi connectivity index (χ1) is 11.7. The molecule has 0 amide bonds. The lowest BCUT2D eigenvalue weighted by Gasteiger charge is -2.32. The molecule has 2 heteroatoms. The molecule has 24 heavy (non-hydrogen) atoms. The molecule has 1 heterocycles. The van der Waals surface area contributed by atoms with Crippen molar-refractivity contribution >= 4 is 5.78 Å². The highest BCUT2D eigenvalue weighted by atomic mass is 16.1. The Morgan fingerprint density at radius 1 is 0.917 bits per heavy atom. The molecule has 0 saturated carbocycles. The van der Waals surface area contributed by atoms with E-state index in [0.29, 0.717) is 18.1 Å². The number of benzene rings is 2. The number of hydrogen-bond acceptors (Lipinski definition) is 2. The smallest absolute Gasteiger partial charge is 0.160 e. The molecule has 1 aliphatic carbocycles. The number of Topliss-reactive ketones (excluding diaryl/α,β-unsaturated/α-hetero) is 1. The van der Waals surface area contributed by atoms with Gasteiger partial charge in [-0.05, 0) is 23.5 Å². The zero-order chi connectivity index (χ0) is 16.5. The van der Waals surface area contributed by atoms with Gasteiger partial charge < -0.3 is 4.90 Å². The third-order valence-electron chi connectivity index (χ3n) is 5.26. The lowest BCUT2D eigenvalue weighted by Crippen LogP contribution is -2.26. The van der Waals surface area contributed by atoms with Crippen LogP contribution in [0.25, 0.3) is 0 Å². The second-order valence-corrected chi connectivity index (χ2v) is 7.11. The highest BCUT2D eigenvalue weighted by Crippen LogP contribution is 2.45. The molecule has 2 aliphatic rings. The molecule has 0 spiro atoms. The number of nitrogens with zero attached hydrogens (tertiary/aromatic N) is 1. The molecule has 0 fully saturated rings. The maximum atomic E-state index is 12.6. The molecule has 122 valence electrons. The number of carbonyl (C=O) groups excluding carboxylic acids is 1. The number of allylic oxidation sites excluding steroid dienone is 1. The van der Waals surface area contributed by atoms with Gasteiger partial charge >= 0.3 is 0 Å². The van der Waals surface area contributed by atoms with Gasteiger partial charge in [-0.3, -0.25) is 4.79 Å². The van der Waals surface area contributed by atoms with Crippen molar-refractivity contribution in [3.8, 4) is 0 Å². The molecular formula is C22H23NO. The molecule has 2 aromatic carbocycles. The van der Waals surface area contributed by atoms with Crippen LogP contribution in [0.5, 0.6) is 0 Å². The van der Waals surface area contributed by atoms with Gasteiger partial charge in [-0.2, -0.15) is 0 Å². The lowest BCUT2D eigenvalue weighted by molar-refractivity contribution is -0.116. The van der Waals surface area contributed by atoms with Crippen LogP contribution in [0.15, 0.2) is 71.9 Å². The first kappa shape index (κ1) is 15.2. The summed E-state index contributed by atoms with van der Waals surface area (Å²) in [7, 11) is 0. The predicted octanol–water partition coefficient (Wildman–Crippen LogP) is 4.89. The van der Waals surface area contributed by atoms with Crippen LogP contribution in [0.4, 0.5) is 0 Å². The van der Waals surface area contributed by atoms with Gasteiger partial charge in [0.15, 0.2) is 5.78 Å². The first-order valence-corrected chi connectivity index (χ1v) is 8.83. The fourth-order valence-corrected chi connectivity index (χ4v) is 4.10. The number of ketones is 1. The van der Waals surface area contributed by atoms with E-state index in [0.717, 1.165) is 25.0 Å². The molecule has 2 nitrogen and oxygen atoms in total. The quantitative estimate of drug-likeness (QED) is 0.803. The molecular weight excluding hydrogens is 294 g/mol. The van der Waals surface area contributed by atoms with Gasteiger partial charge in [0.2, 0.25) is 0 Å². The second kappa shape index (κ2) is 6.27. The van der Waals surface area contributed by atoms with Crippen molar-refractivity contribution in [2.75, 3.05) is 0 Å². The molecule has 1 aliphatic heterocycles. The van der Waals surface area contributed by atoms with Gasteiger partial charge in [-0.25, -0.2) is 0 Å². The Balaban J connectivity index is 1.72. The maximum Gasteiger partial charge on any atom is 0.160 e. The monoisotopic (exact) mass is 317 g/mol. The average Bonchev–Trinajstić information content (AvgIpc) is 2.95. The van der Waals surface area contributed by atoms with Crippen molar-refractivity contribution in [1.82, 2.24) is 4.90 Å². The van der Waals surface area contributed by atoms with Crippen LogP contribution in [0.3, 0.4) is 0 Å². The van der Waals surface area contributed by atoms with Crippen molar-refractivity contribution in [2.24, 2.45) is 5.92 Å². The van der Waals surface area contributed by atoms with E-state index in [1.807, 2.05) is 0 Å². The zero-order valence-corrected chi connectivity index (χ0v) is 14.1. The van der Waals surface area contributed by atoms with Crippen molar-refractivity contribution in [3.63, 3.8) is 0 Å². The van der Waals surface area contributed by atoms with Crippen LogP contribution in [0, 0.1) is 5.92 Å². The van der Waals surface area contributed by atoms with Crippen LogP contribution in [-0.2, 0) is 11.3 Å². The molecule has 0 aromatic heterocycles. The number of hydrogen-bond donors (Lipinski definition) is 0. The van der Waals surface area contributed by atoms with E-state index >= 15 is 0 Å². The van der Waals surface area contributed by atoms with Gasteiger partial charge in [-0.15, -0.1) is 0 Å². The molecule has 2 aromatic rings. The van der Waals surface area contributed by atoms with Crippen molar-refractivity contribution < 1.29 is 4.79 Å². The van der Waals surface area contributed by atoms with Gasteiger partial charge in [0.25, 0.3) is 0 Å². The average molecular weight is 317 g/mol. The fraction of sp³-hybridized carbons (Fsp3) is 0.318. The summed E-state index contributed by atoms with van der Waals surface area (Å²) in [6, 6.07) is 21.5. The molecule has 0 N–H and O–H groups in total. The molecule has 0 bridgehead atoms. The topological polar surface area (TPSA) is 20.3 Å². The number of carbonyl (C=O) groups is 1.